The van der Waals surface area contributed by atoms with Gasteiger partial charge in [-0.25, -0.2) is 0 Å². The number of nitrogens with one attached hydrogen (secondary N) is 1. The highest BCUT2D eigenvalue weighted by Crippen LogP contribution is 2.24. The number of hydrogen-bond acceptors (Lipinski definition) is 2. The molecule has 17 heavy (non-hydrogen) atoms. The van der Waals surface area contributed by atoms with Crippen LogP contribution >= 0.6 is 0 Å². The van der Waals surface area contributed by atoms with Gasteiger partial charge in [0.15, 0.2) is 0 Å². The Labute approximate surface area is 102 Å². The van der Waals surface area contributed by atoms with Gasteiger partial charge in [0.2, 0.25) is 0 Å². The van der Waals surface area contributed by atoms with Crippen LogP contribution in [-0.2, 0) is 6.42 Å². The third-order valence-corrected chi connectivity index (χ3v) is 2.82. The first-order valence-electron chi connectivity index (χ1n) is 5.78. The average Bonchev–Trinajstić information content (AvgIpc) is 2.61. The number of nitrogens with zero attached hydrogens (tertiary/aromatic N) is 1. The molecular formula is C14H17N2O. The van der Waals surface area contributed by atoms with Gasteiger partial charge in [0.05, 0.1) is 11.8 Å². The summed E-state index contributed by atoms with van der Waals surface area (Å²) in [7, 11) is 0. The number of aromatic amines is 1. The topological polar surface area (TPSA) is 48.9 Å². The molecule has 1 aromatic heterocycles. The second-order valence-electron chi connectivity index (χ2n) is 4.49. The zero-order valence-corrected chi connectivity index (χ0v) is 10.4. The Morgan fingerprint density at radius 1 is 1.41 bits per heavy atom. The predicted octanol–water partition coefficient (Wildman–Crippen LogP) is 2.42. The molecule has 2 aromatic rings. The molecule has 0 aliphatic carbocycles. The number of aliphatic hydroxyl groups excluding tert-OH is 1. The van der Waals surface area contributed by atoms with Gasteiger partial charge >= 0.3 is 0 Å². The van der Waals surface area contributed by atoms with Crippen LogP contribution in [0, 0.1) is 19.9 Å². The van der Waals surface area contributed by atoms with Crippen LogP contribution in [0.4, 0.5) is 0 Å². The van der Waals surface area contributed by atoms with E-state index in [1.165, 1.54) is 0 Å². The number of benzene rings is 1. The van der Waals surface area contributed by atoms with Crippen molar-refractivity contribution >= 4 is 0 Å². The Morgan fingerprint density at radius 2 is 2.18 bits per heavy atom. The quantitative estimate of drug-likeness (QED) is 0.849. The second kappa shape index (κ2) is 4.72. The number of rotatable bonds is 3. The Hall–Kier alpha value is -1.61. The Balaban J connectivity index is 2.41. The molecule has 3 heteroatoms. The molecule has 2 rings (SSSR count). The average molecular weight is 229 g/mol. The molecule has 1 aromatic carbocycles. The van der Waals surface area contributed by atoms with Crippen LogP contribution in [0.15, 0.2) is 18.2 Å². The van der Waals surface area contributed by atoms with Crippen molar-refractivity contribution in [3.8, 4) is 11.3 Å². The highest BCUT2D eigenvalue weighted by Gasteiger charge is 2.13. The largest absolute Gasteiger partial charge is 0.393 e. The summed E-state index contributed by atoms with van der Waals surface area (Å²) in [5.74, 6) is 0. The van der Waals surface area contributed by atoms with Crippen molar-refractivity contribution in [1.29, 1.82) is 0 Å². The summed E-state index contributed by atoms with van der Waals surface area (Å²) in [6.07, 6.45) is 0.255. The summed E-state index contributed by atoms with van der Waals surface area (Å²) in [6, 6.07) is 9.17. The van der Waals surface area contributed by atoms with Gasteiger partial charge in [0.25, 0.3) is 0 Å². The van der Waals surface area contributed by atoms with E-state index in [-0.39, 0.29) is 6.10 Å². The minimum atomic E-state index is -0.362. The van der Waals surface area contributed by atoms with Crippen molar-refractivity contribution in [2.24, 2.45) is 0 Å². The SMILES string of the molecule is Cc1[c]cc(-c2n[nH]c(C)c2CC(C)O)cc1. The second-order valence-corrected chi connectivity index (χ2v) is 4.49. The van der Waals surface area contributed by atoms with Crippen molar-refractivity contribution < 1.29 is 5.11 Å². The number of aromatic nitrogens is 2. The van der Waals surface area contributed by atoms with Crippen LogP contribution in [0.25, 0.3) is 11.3 Å². The van der Waals surface area contributed by atoms with Gasteiger partial charge in [-0.2, -0.15) is 5.10 Å². The summed E-state index contributed by atoms with van der Waals surface area (Å²) in [5.41, 5.74) is 5.16. The molecular weight excluding hydrogens is 212 g/mol. The lowest BCUT2D eigenvalue weighted by Crippen LogP contribution is -2.05. The van der Waals surface area contributed by atoms with Crippen molar-refractivity contribution in [2.45, 2.75) is 33.3 Å². The van der Waals surface area contributed by atoms with Gasteiger partial charge in [-0.3, -0.25) is 5.10 Å². The number of aryl methyl sites for hydroxylation is 2. The lowest BCUT2D eigenvalue weighted by Gasteiger charge is -2.06. The minimum Gasteiger partial charge on any atom is -0.393 e. The van der Waals surface area contributed by atoms with E-state index in [1.54, 1.807) is 6.92 Å². The highest BCUT2D eigenvalue weighted by molar-refractivity contribution is 5.64. The van der Waals surface area contributed by atoms with Gasteiger partial charge in [0.1, 0.15) is 0 Å². The van der Waals surface area contributed by atoms with E-state index in [1.807, 2.05) is 32.0 Å². The summed E-state index contributed by atoms with van der Waals surface area (Å²) >= 11 is 0. The van der Waals surface area contributed by atoms with Crippen molar-refractivity contribution in [3.05, 3.63) is 41.1 Å². The standard InChI is InChI=1S/C14H17N2O/c1-9-4-6-12(7-5-9)14-13(8-10(2)17)11(3)15-16-14/h4,6-7,10,17H,8H2,1-3H3,(H,15,16). The van der Waals surface area contributed by atoms with E-state index in [4.69, 9.17) is 0 Å². The first kappa shape index (κ1) is 11.9. The van der Waals surface area contributed by atoms with Crippen LogP contribution in [0.3, 0.4) is 0 Å². The zero-order chi connectivity index (χ0) is 12.4. The molecule has 0 aliphatic heterocycles. The summed E-state index contributed by atoms with van der Waals surface area (Å²) in [6.45, 7) is 5.78. The molecule has 0 bridgehead atoms. The van der Waals surface area contributed by atoms with Crippen molar-refractivity contribution in [2.75, 3.05) is 0 Å². The molecule has 3 nitrogen and oxygen atoms in total. The van der Waals surface area contributed by atoms with Gasteiger partial charge < -0.3 is 5.11 Å². The first-order valence-corrected chi connectivity index (χ1v) is 5.78. The molecule has 1 heterocycles. The van der Waals surface area contributed by atoms with Crippen molar-refractivity contribution in [3.63, 3.8) is 0 Å². The minimum absolute atomic E-state index is 0.362. The van der Waals surface area contributed by atoms with Crippen LogP contribution < -0.4 is 0 Å². The molecule has 0 aliphatic rings. The maximum Gasteiger partial charge on any atom is 0.0956 e. The lowest BCUT2D eigenvalue weighted by atomic mass is 10.0. The van der Waals surface area contributed by atoms with E-state index in [2.05, 4.69) is 16.3 Å². The Morgan fingerprint density at radius 3 is 2.76 bits per heavy atom. The fourth-order valence-corrected chi connectivity index (χ4v) is 1.89. The molecule has 0 fully saturated rings. The van der Waals surface area contributed by atoms with E-state index in [9.17, 15) is 5.11 Å². The predicted molar refractivity (Wildman–Crippen MR) is 67.7 cm³/mol. The lowest BCUT2D eigenvalue weighted by molar-refractivity contribution is 0.195. The van der Waals surface area contributed by atoms with Gasteiger partial charge in [-0.05, 0) is 38.5 Å². The Bertz CT molecular complexity index is 497. The molecule has 1 radical (unpaired) electrons. The summed E-state index contributed by atoms with van der Waals surface area (Å²) in [4.78, 5) is 0. The zero-order valence-electron chi connectivity index (χ0n) is 10.4. The van der Waals surface area contributed by atoms with Crippen molar-refractivity contribution in [1.82, 2.24) is 10.2 Å². The normalized spacial score (nSPS) is 12.7. The van der Waals surface area contributed by atoms with Gasteiger partial charge in [-0.1, -0.05) is 12.1 Å². The number of hydrogen-bond donors (Lipinski definition) is 2. The molecule has 2 N–H and O–H groups in total. The smallest absolute Gasteiger partial charge is 0.0956 e. The third-order valence-electron chi connectivity index (χ3n) is 2.82. The van der Waals surface area contributed by atoms with E-state index < -0.39 is 0 Å². The molecule has 1 atom stereocenters. The van der Waals surface area contributed by atoms with Gasteiger partial charge in [-0.15, -0.1) is 0 Å². The van der Waals surface area contributed by atoms with E-state index >= 15 is 0 Å². The fraction of sp³-hybridized carbons (Fsp3) is 0.357. The Kier molecular flexibility index (Phi) is 3.29. The maximum absolute atomic E-state index is 9.51. The molecule has 0 amide bonds. The summed E-state index contributed by atoms with van der Waals surface area (Å²) in [5, 5.41) is 16.8. The maximum atomic E-state index is 9.51. The third kappa shape index (κ3) is 2.56. The monoisotopic (exact) mass is 229 g/mol. The van der Waals surface area contributed by atoms with Crippen LogP contribution in [-0.4, -0.2) is 21.4 Å². The van der Waals surface area contributed by atoms with Crippen LogP contribution in [0.2, 0.25) is 0 Å². The molecule has 89 valence electrons. The molecule has 0 saturated heterocycles. The van der Waals surface area contributed by atoms with E-state index in [0.717, 1.165) is 28.1 Å². The number of aliphatic hydroxyl groups is 1. The molecule has 1 unspecified atom stereocenters. The van der Waals surface area contributed by atoms with E-state index in [0.29, 0.717) is 6.42 Å². The molecule has 0 spiro atoms. The van der Waals surface area contributed by atoms with Crippen LogP contribution in [0.5, 0.6) is 0 Å². The fourth-order valence-electron chi connectivity index (χ4n) is 1.89. The highest BCUT2D eigenvalue weighted by atomic mass is 16.3. The van der Waals surface area contributed by atoms with Gasteiger partial charge in [0, 0.05) is 23.2 Å². The van der Waals surface area contributed by atoms with Crippen LogP contribution in [0.1, 0.15) is 23.7 Å². The number of H-pyrrole nitrogens is 1. The first-order chi connectivity index (χ1) is 8.08. The molecule has 0 saturated carbocycles. The summed E-state index contributed by atoms with van der Waals surface area (Å²) < 4.78 is 0.